The molecule has 0 atom stereocenters. The molecule has 0 bridgehead atoms. The van der Waals surface area contributed by atoms with Gasteiger partial charge in [0.1, 0.15) is 4.90 Å². The highest BCUT2D eigenvalue weighted by Gasteiger charge is 2.23. The number of nitrogens with one attached hydrogen (secondary N) is 2. The van der Waals surface area contributed by atoms with Gasteiger partial charge in [-0.05, 0) is 24.7 Å². The summed E-state index contributed by atoms with van der Waals surface area (Å²) in [6.07, 6.45) is 0. The highest BCUT2D eigenvalue weighted by molar-refractivity contribution is 7.89. The Balaban J connectivity index is 3.30. The predicted octanol–water partition coefficient (Wildman–Crippen LogP) is 0.439. The highest BCUT2D eigenvalue weighted by Crippen LogP contribution is 2.19. The van der Waals surface area contributed by atoms with Crippen molar-refractivity contribution in [3.63, 3.8) is 0 Å². The second-order valence-electron chi connectivity index (χ2n) is 3.91. The number of halogens is 2. The van der Waals surface area contributed by atoms with Gasteiger partial charge in [-0.2, -0.15) is 0 Å². The fraction of sp³-hybridized carbons (Fsp3) is 0.400. The normalized spacial score (nSPS) is 12.1. The van der Waals surface area contributed by atoms with Gasteiger partial charge in [0.15, 0.2) is 11.6 Å². The number of nitrogens with zero attached hydrogens (tertiary/aromatic N) is 1. The average molecular weight is 279 g/mol. The summed E-state index contributed by atoms with van der Waals surface area (Å²) < 4.78 is 50.4. The van der Waals surface area contributed by atoms with E-state index in [-0.39, 0.29) is 6.54 Å². The van der Waals surface area contributed by atoms with E-state index in [1.54, 1.807) is 7.05 Å². The SMILES string of the molecule is CNCc1cc(F)c(F)c(S(=O)(=O)NN(C)C)c1. The Labute approximate surface area is 105 Å². The van der Waals surface area contributed by atoms with Gasteiger partial charge >= 0.3 is 0 Å². The van der Waals surface area contributed by atoms with Crippen LogP contribution in [0.2, 0.25) is 0 Å². The molecule has 0 aromatic heterocycles. The summed E-state index contributed by atoms with van der Waals surface area (Å²) >= 11 is 0. The van der Waals surface area contributed by atoms with Crippen molar-refractivity contribution in [2.75, 3.05) is 21.1 Å². The van der Waals surface area contributed by atoms with E-state index in [2.05, 4.69) is 10.1 Å². The molecule has 102 valence electrons. The van der Waals surface area contributed by atoms with Crippen molar-refractivity contribution in [3.05, 3.63) is 29.3 Å². The second kappa shape index (κ2) is 5.70. The number of hydrogen-bond acceptors (Lipinski definition) is 4. The third-order valence-electron chi connectivity index (χ3n) is 2.03. The van der Waals surface area contributed by atoms with Crippen LogP contribution in [-0.2, 0) is 16.6 Å². The molecule has 0 aliphatic heterocycles. The third kappa shape index (κ3) is 3.45. The summed E-state index contributed by atoms with van der Waals surface area (Å²) in [5, 5.41) is 3.87. The van der Waals surface area contributed by atoms with E-state index < -0.39 is 26.6 Å². The first-order valence-corrected chi connectivity index (χ1v) is 6.58. The molecule has 5 nitrogen and oxygen atoms in total. The van der Waals surface area contributed by atoms with E-state index in [0.717, 1.165) is 17.1 Å². The van der Waals surface area contributed by atoms with Crippen molar-refractivity contribution in [1.82, 2.24) is 15.2 Å². The molecule has 0 fully saturated rings. The van der Waals surface area contributed by atoms with E-state index in [4.69, 9.17) is 0 Å². The Hall–Kier alpha value is -1.09. The number of sulfonamides is 1. The second-order valence-corrected chi connectivity index (χ2v) is 5.54. The summed E-state index contributed by atoms with van der Waals surface area (Å²) in [4.78, 5) is 1.34. The molecule has 0 amide bonds. The van der Waals surface area contributed by atoms with Crippen molar-refractivity contribution in [2.24, 2.45) is 0 Å². The summed E-state index contributed by atoms with van der Waals surface area (Å²) in [6.45, 7) is 0.238. The van der Waals surface area contributed by atoms with Gasteiger partial charge in [0.2, 0.25) is 0 Å². The first-order chi connectivity index (χ1) is 8.27. The predicted molar refractivity (Wildman–Crippen MR) is 63.1 cm³/mol. The molecular weight excluding hydrogens is 264 g/mol. The van der Waals surface area contributed by atoms with Crippen LogP contribution in [0.1, 0.15) is 5.56 Å². The first-order valence-electron chi connectivity index (χ1n) is 5.10. The molecule has 1 aromatic carbocycles. The zero-order valence-corrected chi connectivity index (χ0v) is 11.1. The molecule has 1 aromatic rings. The van der Waals surface area contributed by atoms with Gasteiger partial charge in [-0.1, -0.05) is 0 Å². The average Bonchev–Trinajstić information content (AvgIpc) is 2.21. The molecule has 0 aliphatic carbocycles. The molecule has 0 radical (unpaired) electrons. The lowest BCUT2D eigenvalue weighted by atomic mass is 10.2. The lowest BCUT2D eigenvalue weighted by molar-refractivity contribution is 0.362. The van der Waals surface area contributed by atoms with Crippen LogP contribution >= 0.6 is 0 Å². The maximum absolute atomic E-state index is 13.5. The van der Waals surface area contributed by atoms with Gasteiger partial charge in [0.25, 0.3) is 10.0 Å². The van der Waals surface area contributed by atoms with Crippen LogP contribution in [-0.4, -0.2) is 34.6 Å². The topological polar surface area (TPSA) is 61.4 Å². The van der Waals surface area contributed by atoms with Gasteiger partial charge in [-0.15, -0.1) is 4.83 Å². The molecule has 18 heavy (non-hydrogen) atoms. The van der Waals surface area contributed by atoms with E-state index in [0.29, 0.717) is 5.56 Å². The van der Waals surface area contributed by atoms with Crippen molar-refractivity contribution in [3.8, 4) is 0 Å². The van der Waals surface area contributed by atoms with Crippen LogP contribution in [0.4, 0.5) is 8.78 Å². The number of hydrogen-bond donors (Lipinski definition) is 2. The van der Waals surface area contributed by atoms with E-state index in [9.17, 15) is 17.2 Å². The van der Waals surface area contributed by atoms with Crippen molar-refractivity contribution in [2.45, 2.75) is 11.4 Å². The minimum Gasteiger partial charge on any atom is -0.316 e. The minimum absolute atomic E-state index is 0.238. The smallest absolute Gasteiger partial charge is 0.256 e. The van der Waals surface area contributed by atoms with E-state index in [1.807, 2.05) is 0 Å². The number of rotatable bonds is 5. The third-order valence-corrected chi connectivity index (χ3v) is 3.51. The Bertz CT molecular complexity index is 532. The molecule has 8 heteroatoms. The Morgan fingerprint density at radius 1 is 1.28 bits per heavy atom. The highest BCUT2D eigenvalue weighted by atomic mass is 32.2. The Morgan fingerprint density at radius 3 is 2.39 bits per heavy atom. The fourth-order valence-electron chi connectivity index (χ4n) is 1.41. The van der Waals surface area contributed by atoms with E-state index in [1.165, 1.54) is 14.1 Å². The molecule has 2 N–H and O–H groups in total. The standard InChI is InChI=1S/C10H15F2N3O2S/c1-13-6-7-4-8(11)10(12)9(5-7)18(16,17)14-15(2)3/h4-5,13-14H,6H2,1-3H3. The molecule has 0 aliphatic rings. The quantitative estimate of drug-likeness (QED) is 0.768. The van der Waals surface area contributed by atoms with Gasteiger partial charge in [-0.3, -0.25) is 0 Å². The summed E-state index contributed by atoms with van der Waals surface area (Å²) in [6, 6.07) is 2.06. The Kier molecular flexibility index (Phi) is 4.74. The van der Waals surface area contributed by atoms with Crippen molar-refractivity contribution < 1.29 is 17.2 Å². The van der Waals surface area contributed by atoms with Crippen molar-refractivity contribution >= 4 is 10.0 Å². The maximum Gasteiger partial charge on any atom is 0.256 e. The molecule has 0 spiro atoms. The van der Waals surface area contributed by atoms with Crippen LogP contribution in [0.3, 0.4) is 0 Å². The van der Waals surface area contributed by atoms with Gasteiger partial charge in [0.05, 0.1) is 0 Å². The molecule has 0 unspecified atom stereocenters. The van der Waals surface area contributed by atoms with Gasteiger partial charge < -0.3 is 5.32 Å². The number of benzene rings is 1. The molecule has 0 saturated carbocycles. The summed E-state index contributed by atoms with van der Waals surface area (Å²) in [5.74, 6) is -2.58. The van der Waals surface area contributed by atoms with Crippen molar-refractivity contribution in [1.29, 1.82) is 0 Å². The zero-order chi connectivity index (χ0) is 13.9. The molecule has 0 saturated heterocycles. The van der Waals surface area contributed by atoms with Crippen LogP contribution in [0.15, 0.2) is 17.0 Å². The molecule has 0 heterocycles. The van der Waals surface area contributed by atoms with Gasteiger partial charge in [-0.25, -0.2) is 22.2 Å². The summed E-state index contributed by atoms with van der Waals surface area (Å²) in [5.41, 5.74) is 0.343. The minimum atomic E-state index is -4.12. The van der Waals surface area contributed by atoms with Crippen LogP contribution < -0.4 is 10.1 Å². The lowest BCUT2D eigenvalue weighted by Crippen LogP contribution is -2.36. The molecular formula is C10H15F2N3O2S. The number of hydrazine groups is 1. The first kappa shape index (κ1) is 15.0. The summed E-state index contributed by atoms with van der Waals surface area (Å²) in [7, 11) is 0.366. The maximum atomic E-state index is 13.5. The lowest BCUT2D eigenvalue weighted by Gasteiger charge is -2.14. The van der Waals surface area contributed by atoms with Gasteiger partial charge in [0, 0.05) is 20.6 Å². The van der Waals surface area contributed by atoms with E-state index >= 15 is 0 Å². The largest absolute Gasteiger partial charge is 0.316 e. The van der Waals surface area contributed by atoms with Crippen LogP contribution in [0.5, 0.6) is 0 Å². The molecule has 1 rings (SSSR count). The Morgan fingerprint density at radius 2 is 1.89 bits per heavy atom. The zero-order valence-electron chi connectivity index (χ0n) is 10.3. The van der Waals surface area contributed by atoms with Crippen LogP contribution in [0.25, 0.3) is 0 Å². The monoisotopic (exact) mass is 279 g/mol. The fourth-order valence-corrected chi connectivity index (χ4v) is 2.63. The van der Waals surface area contributed by atoms with Crippen LogP contribution in [0, 0.1) is 11.6 Å².